The van der Waals surface area contributed by atoms with Crippen LogP contribution in [0.3, 0.4) is 0 Å². The molecule has 3 rings (SSSR count). The maximum Gasteiger partial charge on any atom is 0.270 e. The van der Waals surface area contributed by atoms with Crippen LogP contribution < -0.4 is 10.2 Å². The van der Waals surface area contributed by atoms with E-state index < -0.39 is 4.92 Å². The van der Waals surface area contributed by atoms with Crippen LogP contribution in [-0.2, 0) is 4.79 Å². The molecule has 1 N–H and O–H groups in total. The molecule has 2 aromatic rings. The lowest BCUT2D eigenvalue weighted by atomic mass is 10.1. The van der Waals surface area contributed by atoms with Crippen molar-refractivity contribution in [2.45, 2.75) is 6.42 Å². The number of nitro groups is 1. The van der Waals surface area contributed by atoms with Crippen LogP contribution in [0.25, 0.3) is 0 Å². The number of hydrogen-bond acceptors (Lipinski definition) is 6. The lowest BCUT2D eigenvalue weighted by molar-refractivity contribution is -0.384. The van der Waals surface area contributed by atoms with E-state index in [2.05, 4.69) is 37.1 Å². The number of non-ortho nitro benzene ring substituents is 1. The quantitative estimate of drug-likeness (QED) is 0.545. The maximum atomic E-state index is 12.5. The first kappa shape index (κ1) is 20.8. The fourth-order valence-electron chi connectivity index (χ4n) is 3.33. The molecule has 1 heterocycles. The standard InChI is InChI=1S/C20H20BrN5O3/c21-17-12-16(26(28)29)6-7-18(17)23-20(27)14-24-8-3-9-25(11-10-24)19-5-2-1-4-15(19)13-22/h1-2,4-7,12H,3,8-11,14H2,(H,23,27). The van der Waals surface area contributed by atoms with Crippen molar-refractivity contribution < 1.29 is 9.72 Å². The Morgan fingerprint density at radius 1 is 1.21 bits per heavy atom. The van der Waals surface area contributed by atoms with Crippen LogP contribution in [0.4, 0.5) is 17.1 Å². The Hall–Kier alpha value is -2.96. The SMILES string of the molecule is N#Cc1ccccc1N1CCCN(CC(=O)Nc2ccc([N+](=O)[O-])cc2Br)CC1. The molecule has 1 aliphatic heterocycles. The topological polar surface area (TPSA) is 103 Å². The van der Waals surface area contributed by atoms with Gasteiger partial charge in [-0.15, -0.1) is 0 Å². The molecule has 1 amide bonds. The van der Waals surface area contributed by atoms with E-state index in [9.17, 15) is 20.2 Å². The zero-order valence-electron chi connectivity index (χ0n) is 15.7. The first-order chi connectivity index (χ1) is 14.0. The molecule has 150 valence electrons. The Bertz CT molecular complexity index is 959. The summed E-state index contributed by atoms with van der Waals surface area (Å²) in [6.07, 6.45) is 0.883. The number of carbonyl (C=O) groups excluding carboxylic acids is 1. The highest BCUT2D eigenvalue weighted by molar-refractivity contribution is 9.10. The van der Waals surface area contributed by atoms with Crippen LogP contribution >= 0.6 is 15.9 Å². The summed E-state index contributed by atoms with van der Waals surface area (Å²) in [5, 5.41) is 22.9. The molecule has 0 spiro atoms. The number of rotatable bonds is 5. The third kappa shape index (κ3) is 5.31. The molecule has 1 fully saturated rings. The van der Waals surface area contributed by atoms with E-state index in [0.29, 0.717) is 22.3 Å². The van der Waals surface area contributed by atoms with Gasteiger partial charge in [0.15, 0.2) is 0 Å². The van der Waals surface area contributed by atoms with Gasteiger partial charge in [0.25, 0.3) is 5.69 Å². The second kappa shape index (κ2) is 9.49. The Morgan fingerprint density at radius 2 is 2.00 bits per heavy atom. The third-order valence-electron chi connectivity index (χ3n) is 4.76. The molecule has 0 aliphatic carbocycles. The number of nitriles is 1. The van der Waals surface area contributed by atoms with E-state index in [1.807, 2.05) is 24.3 Å². The molecule has 0 radical (unpaired) electrons. The molecule has 9 heteroatoms. The number of hydrogen-bond donors (Lipinski definition) is 1. The highest BCUT2D eigenvalue weighted by Crippen LogP contribution is 2.27. The van der Waals surface area contributed by atoms with Gasteiger partial charge < -0.3 is 10.2 Å². The van der Waals surface area contributed by atoms with Crippen molar-refractivity contribution in [3.63, 3.8) is 0 Å². The lowest BCUT2D eigenvalue weighted by Gasteiger charge is -2.24. The van der Waals surface area contributed by atoms with Gasteiger partial charge in [0, 0.05) is 42.8 Å². The van der Waals surface area contributed by atoms with Crippen LogP contribution in [-0.4, -0.2) is 48.5 Å². The highest BCUT2D eigenvalue weighted by atomic mass is 79.9. The number of halogens is 1. The van der Waals surface area contributed by atoms with Crippen LogP contribution in [0.15, 0.2) is 46.9 Å². The van der Waals surface area contributed by atoms with Gasteiger partial charge in [-0.25, -0.2) is 0 Å². The molecule has 29 heavy (non-hydrogen) atoms. The fourth-order valence-corrected chi connectivity index (χ4v) is 3.79. The highest BCUT2D eigenvalue weighted by Gasteiger charge is 2.19. The molecule has 1 saturated heterocycles. The van der Waals surface area contributed by atoms with Crippen molar-refractivity contribution in [2.75, 3.05) is 42.9 Å². The van der Waals surface area contributed by atoms with E-state index in [0.717, 1.165) is 31.7 Å². The molecule has 0 atom stereocenters. The van der Waals surface area contributed by atoms with Gasteiger partial charge in [-0.3, -0.25) is 19.8 Å². The first-order valence-corrected chi connectivity index (χ1v) is 9.97. The van der Waals surface area contributed by atoms with Gasteiger partial charge in [-0.2, -0.15) is 5.26 Å². The van der Waals surface area contributed by atoms with Crippen molar-refractivity contribution in [3.05, 3.63) is 62.6 Å². The maximum absolute atomic E-state index is 12.5. The summed E-state index contributed by atoms with van der Waals surface area (Å²) in [5.41, 5.74) is 2.04. The van der Waals surface area contributed by atoms with Gasteiger partial charge in [0.05, 0.1) is 28.4 Å². The number of nitro benzene ring substituents is 1. The van der Waals surface area contributed by atoms with E-state index >= 15 is 0 Å². The van der Waals surface area contributed by atoms with E-state index in [1.54, 1.807) is 0 Å². The first-order valence-electron chi connectivity index (χ1n) is 9.18. The summed E-state index contributed by atoms with van der Waals surface area (Å²) in [5.74, 6) is -0.176. The lowest BCUT2D eigenvalue weighted by Crippen LogP contribution is -2.36. The number of nitrogens with one attached hydrogen (secondary N) is 1. The Morgan fingerprint density at radius 3 is 2.72 bits per heavy atom. The number of benzene rings is 2. The van der Waals surface area contributed by atoms with Crippen LogP contribution in [0.1, 0.15) is 12.0 Å². The van der Waals surface area contributed by atoms with Crippen molar-refractivity contribution in [1.82, 2.24) is 4.90 Å². The summed E-state index contributed by atoms with van der Waals surface area (Å²) in [7, 11) is 0. The number of para-hydroxylation sites is 1. The van der Waals surface area contributed by atoms with Crippen molar-refractivity contribution in [2.24, 2.45) is 0 Å². The largest absolute Gasteiger partial charge is 0.369 e. The number of nitrogens with zero attached hydrogens (tertiary/aromatic N) is 4. The average Bonchev–Trinajstić information content (AvgIpc) is 2.94. The summed E-state index contributed by atoms with van der Waals surface area (Å²) >= 11 is 3.26. The summed E-state index contributed by atoms with van der Waals surface area (Å²) in [6, 6.07) is 14.0. The molecule has 8 nitrogen and oxygen atoms in total. The predicted molar refractivity (Wildman–Crippen MR) is 114 cm³/mol. The summed E-state index contributed by atoms with van der Waals surface area (Å²) in [6.45, 7) is 3.27. The predicted octanol–water partition coefficient (Wildman–Crippen LogP) is 3.38. The van der Waals surface area contributed by atoms with Gasteiger partial charge >= 0.3 is 0 Å². The third-order valence-corrected chi connectivity index (χ3v) is 5.41. The molecule has 0 saturated carbocycles. The second-order valence-corrected chi connectivity index (χ2v) is 7.57. The number of anilines is 2. The minimum Gasteiger partial charge on any atom is -0.369 e. The smallest absolute Gasteiger partial charge is 0.270 e. The summed E-state index contributed by atoms with van der Waals surface area (Å²) < 4.78 is 0.468. The molecular formula is C20H20BrN5O3. The van der Waals surface area contributed by atoms with E-state index in [1.165, 1.54) is 18.2 Å². The second-order valence-electron chi connectivity index (χ2n) is 6.72. The zero-order valence-corrected chi connectivity index (χ0v) is 17.3. The molecule has 2 aromatic carbocycles. The van der Waals surface area contributed by atoms with Crippen LogP contribution in [0.5, 0.6) is 0 Å². The molecular weight excluding hydrogens is 438 g/mol. The summed E-state index contributed by atoms with van der Waals surface area (Å²) in [4.78, 5) is 27.0. The normalized spacial score (nSPS) is 14.7. The Balaban J connectivity index is 1.58. The minimum atomic E-state index is -0.482. The number of amides is 1. The molecule has 0 aromatic heterocycles. The van der Waals surface area contributed by atoms with Crippen LogP contribution in [0.2, 0.25) is 0 Å². The monoisotopic (exact) mass is 457 g/mol. The zero-order chi connectivity index (χ0) is 20.8. The van der Waals surface area contributed by atoms with E-state index in [-0.39, 0.29) is 18.1 Å². The van der Waals surface area contributed by atoms with Gasteiger partial charge in [0.2, 0.25) is 5.91 Å². The Labute approximate surface area is 177 Å². The Kier molecular flexibility index (Phi) is 6.80. The van der Waals surface area contributed by atoms with Gasteiger partial charge in [-0.1, -0.05) is 12.1 Å². The molecule has 0 bridgehead atoms. The minimum absolute atomic E-state index is 0.0415. The van der Waals surface area contributed by atoms with Gasteiger partial charge in [0.1, 0.15) is 6.07 Å². The van der Waals surface area contributed by atoms with Crippen LogP contribution in [0, 0.1) is 21.4 Å². The molecule has 1 aliphatic rings. The van der Waals surface area contributed by atoms with E-state index in [4.69, 9.17) is 0 Å². The average molecular weight is 458 g/mol. The van der Waals surface area contributed by atoms with Crippen molar-refractivity contribution >= 4 is 38.9 Å². The molecule has 0 unspecified atom stereocenters. The fraction of sp³-hybridized carbons (Fsp3) is 0.300. The van der Waals surface area contributed by atoms with Crippen molar-refractivity contribution in [1.29, 1.82) is 5.26 Å². The van der Waals surface area contributed by atoms with Crippen molar-refractivity contribution in [3.8, 4) is 6.07 Å². The number of carbonyl (C=O) groups is 1. The van der Waals surface area contributed by atoms with Gasteiger partial charge in [-0.05, 0) is 40.5 Å².